The van der Waals surface area contributed by atoms with Crippen LogP contribution in [0.3, 0.4) is 0 Å². The summed E-state index contributed by atoms with van der Waals surface area (Å²) in [5.41, 5.74) is 0.698. The Kier molecular flexibility index (Phi) is 3.02. The molecule has 4 nitrogen and oxygen atoms in total. The topological polar surface area (TPSA) is 50.8 Å². The van der Waals surface area contributed by atoms with Crippen molar-refractivity contribution >= 4 is 11.0 Å². The average molecular weight is 237 g/mol. The van der Waals surface area contributed by atoms with E-state index in [0.717, 1.165) is 12.1 Å². The second kappa shape index (κ2) is 4.47. The van der Waals surface area contributed by atoms with Gasteiger partial charge in [0.05, 0.1) is 17.1 Å². The molecule has 0 bridgehead atoms. The van der Waals surface area contributed by atoms with Crippen molar-refractivity contribution in [1.29, 1.82) is 5.26 Å². The summed E-state index contributed by atoms with van der Waals surface area (Å²) in [5, 5.41) is 8.71. The van der Waals surface area contributed by atoms with Crippen LogP contribution in [0.25, 0.3) is 11.0 Å². The van der Waals surface area contributed by atoms with Crippen LogP contribution in [0, 0.1) is 23.0 Å². The molecular formula is C11H9F2N3O. The molecule has 1 aromatic carbocycles. The van der Waals surface area contributed by atoms with E-state index < -0.39 is 11.6 Å². The molecule has 0 saturated carbocycles. The molecule has 6 heteroatoms. The summed E-state index contributed by atoms with van der Waals surface area (Å²) in [6, 6.07) is 3.99. The molecule has 0 N–H and O–H groups in total. The van der Waals surface area contributed by atoms with Gasteiger partial charge in [-0.1, -0.05) is 0 Å². The summed E-state index contributed by atoms with van der Waals surface area (Å²) in [5.74, 6) is -1.45. The number of rotatable bonds is 3. The maximum atomic E-state index is 13.1. The van der Waals surface area contributed by atoms with Crippen molar-refractivity contribution in [2.24, 2.45) is 0 Å². The fourth-order valence-electron chi connectivity index (χ4n) is 1.66. The predicted molar refractivity (Wildman–Crippen MR) is 56.0 cm³/mol. The highest BCUT2D eigenvalue weighted by Crippen LogP contribution is 2.20. The number of nitriles is 1. The lowest BCUT2D eigenvalue weighted by molar-refractivity contribution is 0.175. The highest BCUT2D eigenvalue weighted by molar-refractivity contribution is 5.76. The van der Waals surface area contributed by atoms with E-state index >= 15 is 0 Å². The molecule has 2 aromatic rings. The summed E-state index contributed by atoms with van der Waals surface area (Å²) in [7, 11) is 1.48. The number of fused-ring (bicyclic) bond motifs is 1. The Morgan fingerprint density at radius 2 is 2.12 bits per heavy atom. The highest BCUT2D eigenvalue weighted by Gasteiger charge is 2.13. The van der Waals surface area contributed by atoms with E-state index in [-0.39, 0.29) is 13.2 Å². The molecule has 0 saturated heterocycles. The van der Waals surface area contributed by atoms with Crippen molar-refractivity contribution in [3.8, 4) is 6.07 Å². The van der Waals surface area contributed by atoms with Crippen LogP contribution in [0.2, 0.25) is 0 Å². The van der Waals surface area contributed by atoms with Crippen molar-refractivity contribution in [3.63, 3.8) is 0 Å². The largest absolute Gasteiger partial charge is 0.377 e. The number of hydrogen-bond acceptors (Lipinski definition) is 3. The molecule has 0 fully saturated rings. The first-order valence-electron chi connectivity index (χ1n) is 4.87. The Balaban J connectivity index is 2.67. The van der Waals surface area contributed by atoms with Crippen LogP contribution >= 0.6 is 0 Å². The van der Waals surface area contributed by atoms with Crippen molar-refractivity contribution in [2.45, 2.75) is 13.2 Å². The van der Waals surface area contributed by atoms with E-state index in [2.05, 4.69) is 4.98 Å². The number of nitrogens with zero attached hydrogens (tertiary/aromatic N) is 3. The van der Waals surface area contributed by atoms with Gasteiger partial charge < -0.3 is 9.30 Å². The predicted octanol–water partition coefficient (Wildman–Crippen LogP) is 1.98. The number of aromatic nitrogens is 2. The number of hydrogen-bond donors (Lipinski definition) is 0. The zero-order valence-corrected chi connectivity index (χ0v) is 9.07. The first-order valence-corrected chi connectivity index (χ1v) is 4.87. The number of benzene rings is 1. The van der Waals surface area contributed by atoms with Crippen molar-refractivity contribution in [3.05, 3.63) is 29.6 Å². The van der Waals surface area contributed by atoms with E-state index in [4.69, 9.17) is 10.00 Å². The van der Waals surface area contributed by atoms with Gasteiger partial charge in [-0.05, 0) is 0 Å². The zero-order valence-electron chi connectivity index (χ0n) is 9.07. The van der Waals surface area contributed by atoms with E-state index in [1.54, 1.807) is 0 Å². The van der Waals surface area contributed by atoms with E-state index in [9.17, 15) is 8.78 Å². The zero-order chi connectivity index (χ0) is 12.4. The van der Waals surface area contributed by atoms with Gasteiger partial charge in [-0.25, -0.2) is 13.8 Å². The number of imidazole rings is 1. The van der Waals surface area contributed by atoms with Gasteiger partial charge in [-0.2, -0.15) is 5.26 Å². The molecule has 1 aromatic heterocycles. The summed E-state index contributed by atoms with van der Waals surface area (Å²) in [4.78, 5) is 4.10. The van der Waals surface area contributed by atoms with Gasteiger partial charge in [0.1, 0.15) is 19.0 Å². The third-order valence-corrected chi connectivity index (χ3v) is 2.37. The van der Waals surface area contributed by atoms with Crippen LogP contribution in [-0.4, -0.2) is 16.7 Å². The molecular weight excluding hydrogens is 228 g/mol. The van der Waals surface area contributed by atoms with Gasteiger partial charge in [0.2, 0.25) is 0 Å². The van der Waals surface area contributed by atoms with Gasteiger partial charge in [0.25, 0.3) is 0 Å². The van der Waals surface area contributed by atoms with Crippen LogP contribution in [0.4, 0.5) is 8.78 Å². The quantitative estimate of drug-likeness (QED) is 0.820. The second-order valence-electron chi connectivity index (χ2n) is 3.46. The van der Waals surface area contributed by atoms with E-state index in [1.807, 2.05) is 6.07 Å². The molecule has 1 heterocycles. The summed E-state index contributed by atoms with van der Waals surface area (Å²) < 4.78 is 32.6. The minimum Gasteiger partial charge on any atom is -0.377 e. The van der Waals surface area contributed by atoms with Crippen molar-refractivity contribution in [2.75, 3.05) is 7.11 Å². The summed E-state index contributed by atoms with van der Waals surface area (Å²) in [6.45, 7) is 0.194. The normalized spacial score (nSPS) is 10.7. The average Bonchev–Trinajstić information content (AvgIpc) is 2.59. The molecule has 0 atom stereocenters. The first-order chi connectivity index (χ1) is 8.17. The highest BCUT2D eigenvalue weighted by atomic mass is 19.2. The van der Waals surface area contributed by atoms with Crippen LogP contribution in [0.15, 0.2) is 12.1 Å². The van der Waals surface area contributed by atoms with Crippen LogP contribution in [0.5, 0.6) is 0 Å². The lowest BCUT2D eigenvalue weighted by Gasteiger charge is -2.03. The maximum absolute atomic E-state index is 13.1. The number of halogens is 2. The van der Waals surface area contributed by atoms with E-state index in [0.29, 0.717) is 16.9 Å². The third kappa shape index (κ3) is 1.97. The lowest BCUT2D eigenvalue weighted by atomic mass is 10.3. The summed E-state index contributed by atoms with van der Waals surface area (Å²) >= 11 is 0. The van der Waals surface area contributed by atoms with Gasteiger partial charge >= 0.3 is 0 Å². The van der Waals surface area contributed by atoms with Crippen LogP contribution in [-0.2, 0) is 17.9 Å². The molecule has 0 amide bonds. The van der Waals surface area contributed by atoms with Crippen molar-refractivity contribution < 1.29 is 13.5 Å². The molecule has 0 aliphatic rings. The molecule has 0 aliphatic carbocycles. The molecule has 0 spiro atoms. The fourth-order valence-corrected chi connectivity index (χ4v) is 1.66. The molecule has 0 aliphatic heterocycles. The Morgan fingerprint density at radius 1 is 1.41 bits per heavy atom. The Labute approximate surface area is 96.0 Å². The van der Waals surface area contributed by atoms with Gasteiger partial charge in [0, 0.05) is 19.2 Å². The number of methoxy groups -OCH3 is 1. The monoisotopic (exact) mass is 237 g/mol. The number of ether oxygens (including phenoxy) is 1. The molecule has 2 rings (SSSR count). The van der Waals surface area contributed by atoms with Gasteiger partial charge in [0.15, 0.2) is 11.6 Å². The molecule has 0 radical (unpaired) electrons. The molecule has 17 heavy (non-hydrogen) atoms. The smallest absolute Gasteiger partial charge is 0.161 e. The SMILES string of the molecule is COCc1nc2cc(F)c(F)cc2n1CC#N. The van der Waals surface area contributed by atoms with Crippen LogP contribution in [0.1, 0.15) is 5.82 Å². The van der Waals surface area contributed by atoms with Gasteiger partial charge in [-0.3, -0.25) is 0 Å². The minimum atomic E-state index is -0.958. The first kappa shape index (κ1) is 11.5. The molecule has 88 valence electrons. The minimum absolute atomic E-state index is 0.0142. The van der Waals surface area contributed by atoms with Gasteiger partial charge in [-0.15, -0.1) is 0 Å². The Hall–Kier alpha value is -2.00. The second-order valence-corrected chi connectivity index (χ2v) is 3.46. The fraction of sp³-hybridized carbons (Fsp3) is 0.273. The Bertz CT molecular complexity index is 601. The standard InChI is InChI=1S/C11H9F2N3O/c1-17-6-11-15-9-4-7(12)8(13)5-10(9)16(11)3-2-14/h4-5H,3,6H2,1H3. The van der Waals surface area contributed by atoms with E-state index in [1.165, 1.54) is 11.7 Å². The Morgan fingerprint density at radius 3 is 2.76 bits per heavy atom. The lowest BCUT2D eigenvalue weighted by Crippen LogP contribution is -2.03. The van der Waals surface area contributed by atoms with Crippen molar-refractivity contribution in [1.82, 2.24) is 9.55 Å². The third-order valence-electron chi connectivity index (χ3n) is 2.37. The maximum Gasteiger partial charge on any atom is 0.161 e. The molecule has 0 unspecified atom stereocenters. The summed E-state index contributed by atoms with van der Waals surface area (Å²) in [6.07, 6.45) is 0. The van der Waals surface area contributed by atoms with Crippen LogP contribution < -0.4 is 0 Å².